The van der Waals surface area contributed by atoms with Crippen molar-refractivity contribution < 1.29 is 17.7 Å². The zero-order valence-corrected chi connectivity index (χ0v) is 13.0. The van der Waals surface area contributed by atoms with Gasteiger partial charge in [0, 0.05) is 31.0 Å². The van der Waals surface area contributed by atoms with Gasteiger partial charge in [-0.05, 0) is 31.2 Å². The third kappa shape index (κ3) is 2.51. The second kappa shape index (κ2) is 5.43. The summed E-state index contributed by atoms with van der Waals surface area (Å²) in [7, 11) is -3.96. The van der Waals surface area contributed by atoms with E-state index in [-0.39, 0.29) is 11.4 Å². The highest BCUT2D eigenvalue weighted by Crippen LogP contribution is 2.32. The van der Waals surface area contributed by atoms with Crippen LogP contribution in [-0.2, 0) is 16.6 Å². The van der Waals surface area contributed by atoms with Gasteiger partial charge in [0.2, 0.25) is 15.8 Å². The third-order valence-electron chi connectivity index (χ3n) is 4.01. The second-order valence-electron chi connectivity index (χ2n) is 5.29. The lowest BCUT2D eigenvalue weighted by Crippen LogP contribution is -2.40. The van der Waals surface area contributed by atoms with Crippen LogP contribution >= 0.6 is 0 Å². The smallest absolute Gasteiger partial charge is 0.306 e. The lowest BCUT2D eigenvalue weighted by Gasteiger charge is -2.33. The first-order valence-electron chi connectivity index (χ1n) is 6.93. The van der Waals surface area contributed by atoms with Crippen molar-refractivity contribution in [3.05, 3.63) is 58.2 Å². The van der Waals surface area contributed by atoms with Crippen LogP contribution in [0.5, 0.6) is 0 Å². The average molecular weight is 339 g/mol. The van der Waals surface area contributed by atoms with Gasteiger partial charge in [0.25, 0.3) is 0 Å². The highest BCUT2D eigenvalue weighted by molar-refractivity contribution is 7.89. The van der Waals surface area contributed by atoms with Crippen LogP contribution in [-0.4, -0.2) is 28.8 Å². The SMILES string of the molecule is C[C@@H]1c2cccn2CCN1S(=O)(=O)c1ccc(F)c([N+](=O)[O-])c1. The summed E-state index contributed by atoms with van der Waals surface area (Å²) in [5.74, 6) is -1.06. The molecule has 1 aliphatic heterocycles. The molecular weight excluding hydrogens is 325 g/mol. The monoisotopic (exact) mass is 339 g/mol. The first-order valence-corrected chi connectivity index (χ1v) is 8.37. The Hall–Kier alpha value is -2.26. The quantitative estimate of drug-likeness (QED) is 0.634. The number of hydrogen-bond donors (Lipinski definition) is 0. The van der Waals surface area contributed by atoms with Gasteiger partial charge in [-0.3, -0.25) is 10.1 Å². The lowest BCUT2D eigenvalue weighted by molar-refractivity contribution is -0.387. The minimum absolute atomic E-state index is 0.246. The Morgan fingerprint density at radius 2 is 2.04 bits per heavy atom. The fraction of sp³-hybridized carbons (Fsp3) is 0.286. The van der Waals surface area contributed by atoms with Crippen LogP contribution in [0.1, 0.15) is 18.7 Å². The molecule has 9 heteroatoms. The van der Waals surface area contributed by atoms with Gasteiger partial charge >= 0.3 is 5.69 Å². The number of sulfonamides is 1. The predicted octanol–water partition coefficient (Wildman–Crippen LogP) is 2.30. The van der Waals surface area contributed by atoms with Crippen molar-refractivity contribution in [1.82, 2.24) is 8.87 Å². The Labute approximate surface area is 132 Å². The molecule has 0 unspecified atom stereocenters. The maximum Gasteiger partial charge on any atom is 0.306 e. The van der Waals surface area contributed by atoms with Crippen LogP contribution in [0.3, 0.4) is 0 Å². The first-order chi connectivity index (χ1) is 10.8. The van der Waals surface area contributed by atoms with E-state index in [1.54, 1.807) is 6.92 Å². The number of nitro benzene ring substituents is 1. The van der Waals surface area contributed by atoms with Crippen molar-refractivity contribution in [2.45, 2.75) is 24.4 Å². The molecule has 23 heavy (non-hydrogen) atoms. The molecule has 0 N–H and O–H groups in total. The second-order valence-corrected chi connectivity index (χ2v) is 7.18. The van der Waals surface area contributed by atoms with E-state index in [2.05, 4.69) is 0 Å². The summed E-state index contributed by atoms with van der Waals surface area (Å²) in [5.41, 5.74) is -0.00412. The number of nitrogens with zero attached hydrogens (tertiary/aromatic N) is 3. The Balaban J connectivity index is 2.03. The van der Waals surface area contributed by atoms with E-state index < -0.39 is 32.5 Å². The minimum atomic E-state index is -3.96. The molecule has 0 fully saturated rings. The van der Waals surface area contributed by atoms with Crippen molar-refractivity contribution in [2.24, 2.45) is 0 Å². The number of aromatic nitrogens is 1. The Morgan fingerprint density at radius 1 is 1.30 bits per heavy atom. The summed E-state index contributed by atoms with van der Waals surface area (Å²) in [4.78, 5) is 9.61. The van der Waals surface area contributed by atoms with Gasteiger partial charge in [0.1, 0.15) is 0 Å². The zero-order valence-electron chi connectivity index (χ0n) is 12.2. The van der Waals surface area contributed by atoms with E-state index in [1.165, 1.54) is 4.31 Å². The Bertz CT molecular complexity index is 878. The van der Waals surface area contributed by atoms with E-state index in [0.29, 0.717) is 6.54 Å². The molecule has 7 nitrogen and oxygen atoms in total. The van der Waals surface area contributed by atoms with Crippen LogP contribution in [0.25, 0.3) is 0 Å². The van der Waals surface area contributed by atoms with Gasteiger partial charge in [-0.1, -0.05) is 0 Å². The number of halogens is 1. The summed E-state index contributed by atoms with van der Waals surface area (Å²) in [5, 5.41) is 10.8. The lowest BCUT2D eigenvalue weighted by atomic mass is 10.2. The molecular formula is C14H14FN3O4S. The van der Waals surface area contributed by atoms with Crippen LogP contribution < -0.4 is 0 Å². The van der Waals surface area contributed by atoms with Crippen molar-refractivity contribution >= 4 is 15.7 Å². The molecule has 3 rings (SSSR count). The third-order valence-corrected chi connectivity index (χ3v) is 5.97. The molecule has 1 aromatic carbocycles. The molecule has 0 aliphatic carbocycles. The van der Waals surface area contributed by atoms with Gasteiger partial charge in [-0.25, -0.2) is 8.42 Å². The summed E-state index contributed by atoms with van der Waals surface area (Å²) in [6.45, 7) is 2.49. The van der Waals surface area contributed by atoms with Crippen molar-refractivity contribution in [3.8, 4) is 0 Å². The minimum Gasteiger partial charge on any atom is -0.349 e. The predicted molar refractivity (Wildman–Crippen MR) is 79.8 cm³/mol. The summed E-state index contributed by atoms with van der Waals surface area (Å²) < 4.78 is 42.2. The normalized spacial score (nSPS) is 18.6. The molecule has 0 amide bonds. The van der Waals surface area contributed by atoms with Crippen LogP contribution in [0.4, 0.5) is 10.1 Å². The molecule has 1 atom stereocenters. The van der Waals surface area contributed by atoms with Crippen molar-refractivity contribution in [2.75, 3.05) is 6.54 Å². The number of nitro groups is 1. The van der Waals surface area contributed by atoms with Crippen molar-refractivity contribution in [3.63, 3.8) is 0 Å². The van der Waals surface area contributed by atoms with E-state index in [0.717, 1.165) is 23.9 Å². The van der Waals surface area contributed by atoms with Gasteiger partial charge < -0.3 is 4.57 Å². The molecule has 1 aromatic heterocycles. The fourth-order valence-corrected chi connectivity index (χ4v) is 4.43. The molecule has 2 heterocycles. The van der Waals surface area contributed by atoms with Gasteiger partial charge in [-0.15, -0.1) is 0 Å². The van der Waals surface area contributed by atoms with Crippen LogP contribution in [0.2, 0.25) is 0 Å². The van der Waals surface area contributed by atoms with E-state index in [9.17, 15) is 22.9 Å². The summed E-state index contributed by atoms with van der Waals surface area (Å²) >= 11 is 0. The highest BCUT2D eigenvalue weighted by Gasteiger charge is 2.35. The molecule has 0 bridgehead atoms. The highest BCUT2D eigenvalue weighted by atomic mass is 32.2. The largest absolute Gasteiger partial charge is 0.349 e. The number of fused-ring (bicyclic) bond motifs is 1. The number of hydrogen-bond acceptors (Lipinski definition) is 4. The van der Waals surface area contributed by atoms with Crippen molar-refractivity contribution in [1.29, 1.82) is 0 Å². The number of benzene rings is 1. The zero-order chi connectivity index (χ0) is 16.8. The molecule has 122 valence electrons. The maximum absolute atomic E-state index is 13.4. The van der Waals surface area contributed by atoms with Crippen LogP contribution in [0, 0.1) is 15.9 Å². The molecule has 2 aromatic rings. The van der Waals surface area contributed by atoms with E-state index >= 15 is 0 Å². The Morgan fingerprint density at radius 3 is 2.74 bits per heavy atom. The molecule has 1 aliphatic rings. The van der Waals surface area contributed by atoms with Gasteiger partial charge in [0.15, 0.2) is 0 Å². The average Bonchev–Trinajstić information content (AvgIpc) is 2.96. The van der Waals surface area contributed by atoms with E-state index in [4.69, 9.17) is 0 Å². The fourth-order valence-electron chi connectivity index (χ4n) is 2.81. The standard InChI is InChI=1S/C14H14FN3O4S/c1-10-13-3-2-6-16(13)7-8-17(10)23(21,22)11-4-5-12(15)14(9-11)18(19)20/h2-6,9-10H,7-8H2,1H3/t10-/m1/s1. The van der Waals surface area contributed by atoms with Crippen LogP contribution in [0.15, 0.2) is 41.4 Å². The topological polar surface area (TPSA) is 85.5 Å². The molecule has 0 radical (unpaired) electrons. The van der Waals surface area contributed by atoms with Gasteiger partial charge in [-0.2, -0.15) is 8.70 Å². The molecule has 0 saturated heterocycles. The first kappa shape index (κ1) is 15.6. The van der Waals surface area contributed by atoms with E-state index in [1.807, 2.05) is 22.9 Å². The molecule has 0 saturated carbocycles. The summed E-state index contributed by atoms with van der Waals surface area (Å²) in [6.07, 6.45) is 1.87. The number of rotatable bonds is 3. The van der Waals surface area contributed by atoms with Gasteiger partial charge in [0.05, 0.1) is 15.9 Å². The Kier molecular flexibility index (Phi) is 3.69. The maximum atomic E-state index is 13.4. The molecule has 0 spiro atoms. The summed E-state index contributed by atoms with van der Waals surface area (Å²) in [6, 6.07) is 5.89.